The Hall–Kier alpha value is -0.440. The molecule has 0 aliphatic rings. The van der Waals surface area contributed by atoms with E-state index >= 15 is 0 Å². The Balaban J connectivity index is 3.15. The summed E-state index contributed by atoms with van der Waals surface area (Å²) in [7, 11) is 0. The molecule has 1 unspecified atom stereocenters. The van der Waals surface area contributed by atoms with E-state index in [4.69, 9.17) is 28.9 Å². The van der Waals surface area contributed by atoms with E-state index < -0.39 is 0 Å². The number of hydrogen-bond donors (Lipinski definition) is 2. The molecule has 0 fully saturated rings. The molecule has 0 amide bonds. The molecule has 4 heteroatoms. The molecule has 1 rings (SSSR count). The van der Waals surface area contributed by atoms with E-state index in [1.165, 1.54) is 6.07 Å². The lowest BCUT2D eigenvalue weighted by molar-refractivity contribution is 0.460. The normalized spacial score (nSPS) is 12.9. The summed E-state index contributed by atoms with van der Waals surface area (Å²) < 4.78 is 0. The Labute approximate surface area is 87.3 Å². The van der Waals surface area contributed by atoms with Gasteiger partial charge >= 0.3 is 0 Å². The lowest BCUT2D eigenvalue weighted by atomic mass is 10.0. The average molecular weight is 220 g/mol. The molecule has 0 heterocycles. The van der Waals surface area contributed by atoms with Crippen LogP contribution in [0.15, 0.2) is 12.1 Å². The second-order valence-electron chi connectivity index (χ2n) is 2.84. The Bertz CT molecular complexity index is 315. The largest absolute Gasteiger partial charge is 0.508 e. The minimum atomic E-state index is -0.199. The first kappa shape index (κ1) is 10.6. The average Bonchev–Trinajstić information content (AvgIpc) is 2.10. The van der Waals surface area contributed by atoms with Crippen molar-refractivity contribution in [3.8, 4) is 5.75 Å². The van der Waals surface area contributed by atoms with Crippen LogP contribution in [0, 0.1) is 0 Å². The topological polar surface area (TPSA) is 46.2 Å². The van der Waals surface area contributed by atoms with Gasteiger partial charge in [-0.15, -0.1) is 0 Å². The highest BCUT2D eigenvalue weighted by Crippen LogP contribution is 2.33. The van der Waals surface area contributed by atoms with E-state index in [1.807, 2.05) is 6.92 Å². The number of benzene rings is 1. The first-order valence-corrected chi connectivity index (χ1v) is 4.75. The second kappa shape index (κ2) is 4.18. The van der Waals surface area contributed by atoms with Gasteiger partial charge in [-0.05, 0) is 12.5 Å². The van der Waals surface area contributed by atoms with Crippen LogP contribution in [0.5, 0.6) is 5.75 Å². The minimum Gasteiger partial charge on any atom is -0.508 e. The third-order valence-corrected chi connectivity index (χ3v) is 2.63. The van der Waals surface area contributed by atoms with Gasteiger partial charge in [-0.2, -0.15) is 0 Å². The summed E-state index contributed by atoms with van der Waals surface area (Å²) >= 11 is 11.5. The maximum atomic E-state index is 9.49. The fourth-order valence-corrected chi connectivity index (χ4v) is 1.40. The summed E-state index contributed by atoms with van der Waals surface area (Å²) in [6.45, 7) is 1.94. The van der Waals surface area contributed by atoms with Crippen LogP contribution >= 0.6 is 23.2 Å². The Kier molecular flexibility index (Phi) is 3.42. The Morgan fingerprint density at radius 3 is 2.46 bits per heavy atom. The van der Waals surface area contributed by atoms with Crippen molar-refractivity contribution in [3.63, 3.8) is 0 Å². The van der Waals surface area contributed by atoms with Gasteiger partial charge in [0.1, 0.15) is 5.75 Å². The number of phenols is 1. The molecule has 1 atom stereocenters. The SMILES string of the molecule is CCC(N)c1cc(Cl)c(Cl)cc1O. The molecule has 0 aromatic heterocycles. The van der Waals surface area contributed by atoms with Crippen LogP contribution in [0.2, 0.25) is 10.0 Å². The van der Waals surface area contributed by atoms with E-state index in [2.05, 4.69) is 0 Å². The summed E-state index contributed by atoms with van der Waals surface area (Å²) in [5.41, 5.74) is 6.39. The summed E-state index contributed by atoms with van der Waals surface area (Å²) in [6, 6.07) is 2.82. The van der Waals surface area contributed by atoms with Crippen LogP contribution in [-0.2, 0) is 0 Å². The summed E-state index contributed by atoms with van der Waals surface area (Å²) in [5.74, 6) is 0.101. The molecule has 2 nitrogen and oxygen atoms in total. The van der Waals surface area contributed by atoms with E-state index in [0.29, 0.717) is 15.6 Å². The van der Waals surface area contributed by atoms with Gasteiger partial charge in [0.25, 0.3) is 0 Å². The third kappa shape index (κ3) is 2.27. The predicted molar refractivity (Wildman–Crippen MR) is 55.3 cm³/mol. The zero-order chi connectivity index (χ0) is 10.0. The number of nitrogens with two attached hydrogens (primary N) is 1. The minimum absolute atomic E-state index is 0.101. The molecule has 3 N–H and O–H groups in total. The van der Waals surface area contributed by atoms with Crippen LogP contribution in [0.25, 0.3) is 0 Å². The van der Waals surface area contributed by atoms with Gasteiger partial charge in [-0.1, -0.05) is 30.1 Å². The van der Waals surface area contributed by atoms with Crippen molar-refractivity contribution in [2.75, 3.05) is 0 Å². The van der Waals surface area contributed by atoms with Crippen molar-refractivity contribution in [2.24, 2.45) is 5.73 Å². The maximum absolute atomic E-state index is 9.49. The quantitative estimate of drug-likeness (QED) is 0.804. The van der Waals surface area contributed by atoms with Gasteiger partial charge in [-0.25, -0.2) is 0 Å². The van der Waals surface area contributed by atoms with Crippen molar-refractivity contribution in [3.05, 3.63) is 27.7 Å². The predicted octanol–water partition coefficient (Wildman–Crippen LogP) is 3.11. The maximum Gasteiger partial charge on any atom is 0.121 e. The van der Waals surface area contributed by atoms with Crippen molar-refractivity contribution in [1.29, 1.82) is 0 Å². The van der Waals surface area contributed by atoms with Crippen LogP contribution in [0.4, 0.5) is 0 Å². The van der Waals surface area contributed by atoms with Gasteiger partial charge in [0, 0.05) is 17.7 Å². The highest BCUT2D eigenvalue weighted by Gasteiger charge is 2.11. The molecule has 0 spiro atoms. The van der Waals surface area contributed by atoms with Crippen LogP contribution in [-0.4, -0.2) is 5.11 Å². The van der Waals surface area contributed by atoms with Gasteiger partial charge in [0.05, 0.1) is 10.0 Å². The smallest absolute Gasteiger partial charge is 0.121 e. The third-order valence-electron chi connectivity index (χ3n) is 1.91. The standard InChI is InChI=1S/C9H11Cl2NO/c1-2-8(12)5-3-6(10)7(11)4-9(5)13/h3-4,8,13H,2,12H2,1H3. The molecule has 0 aliphatic heterocycles. The molecule has 0 aliphatic carbocycles. The second-order valence-corrected chi connectivity index (χ2v) is 3.65. The number of phenolic OH excluding ortho intramolecular Hbond substituents is 1. The van der Waals surface area contributed by atoms with Crippen molar-refractivity contribution < 1.29 is 5.11 Å². The fraction of sp³-hybridized carbons (Fsp3) is 0.333. The summed E-state index contributed by atoms with van der Waals surface area (Å²) in [5, 5.41) is 10.2. The number of aromatic hydroxyl groups is 1. The molecular formula is C9H11Cl2NO. The van der Waals surface area contributed by atoms with Crippen molar-refractivity contribution in [1.82, 2.24) is 0 Å². The fourth-order valence-electron chi connectivity index (χ4n) is 1.07. The molecule has 0 radical (unpaired) electrons. The van der Waals surface area contributed by atoms with E-state index in [-0.39, 0.29) is 11.8 Å². The van der Waals surface area contributed by atoms with Crippen molar-refractivity contribution in [2.45, 2.75) is 19.4 Å². The highest BCUT2D eigenvalue weighted by atomic mass is 35.5. The van der Waals surface area contributed by atoms with Crippen LogP contribution in [0.1, 0.15) is 24.9 Å². The van der Waals surface area contributed by atoms with E-state index in [9.17, 15) is 5.11 Å². The Morgan fingerprint density at radius 1 is 1.38 bits per heavy atom. The lowest BCUT2D eigenvalue weighted by Gasteiger charge is -2.12. The van der Waals surface area contributed by atoms with Crippen LogP contribution < -0.4 is 5.73 Å². The Morgan fingerprint density at radius 2 is 1.92 bits per heavy atom. The van der Waals surface area contributed by atoms with Gasteiger partial charge < -0.3 is 10.8 Å². The summed E-state index contributed by atoms with van der Waals surface area (Å²) in [4.78, 5) is 0. The lowest BCUT2D eigenvalue weighted by Crippen LogP contribution is -2.08. The van der Waals surface area contributed by atoms with Gasteiger partial charge in [0.15, 0.2) is 0 Å². The van der Waals surface area contributed by atoms with Crippen molar-refractivity contribution >= 4 is 23.2 Å². The number of rotatable bonds is 2. The molecule has 1 aromatic rings. The number of halogens is 2. The first-order chi connectivity index (χ1) is 6.06. The molecule has 0 bridgehead atoms. The molecular weight excluding hydrogens is 209 g/mol. The zero-order valence-electron chi connectivity index (χ0n) is 7.22. The zero-order valence-corrected chi connectivity index (χ0v) is 8.73. The number of hydrogen-bond acceptors (Lipinski definition) is 2. The van der Waals surface area contributed by atoms with Gasteiger partial charge in [-0.3, -0.25) is 0 Å². The van der Waals surface area contributed by atoms with E-state index in [0.717, 1.165) is 6.42 Å². The molecule has 1 aromatic carbocycles. The van der Waals surface area contributed by atoms with Gasteiger partial charge in [0.2, 0.25) is 0 Å². The molecule has 0 saturated heterocycles. The van der Waals surface area contributed by atoms with E-state index in [1.54, 1.807) is 6.07 Å². The first-order valence-electron chi connectivity index (χ1n) is 3.99. The van der Waals surface area contributed by atoms with Crippen LogP contribution in [0.3, 0.4) is 0 Å². The molecule has 13 heavy (non-hydrogen) atoms. The highest BCUT2D eigenvalue weighted by molar-refractivity contribution is 6.42. The monoisotopic (exact) mass is 219 g/mol. The molecule has 0 saturated carbocycles. The summed E-state index contributed by atoms with van der Waals surface area (Å²) in [6.07, 6.45) is 0.742. The molecule has 72 valence electrons.